The minimum absolute atomic E-state index is 0.00941. The summed E-state index contributed by atoms with van der Waals surface area (Å²) in [6.07, 6.45) is 9.26. The highest BCUT2D eigenvalue weighted by Crippen LogP contribution is 2.30. The molecule has 40 heavy (non-hydrogen) atoms. The topological polar surface area (TPSA) is 126 Å². The zero-order chi connectivity index (χ0) is 27.7. The van der Waals surface area contributed by atoms with Gasteiger partial charge >= 0.3 is 0 Å². The van der Waals surface area contributed by atoms with Crippen molar-refractivity contribution in [2.45, 2.75) is 12.8 Å². The zero-order valence-electron chi connectivity index (χ0n) is 22.3. The van der Waals surface area contributed by atoms with Crippen LogP contribution in [0.1, 0.15) is 11.1 Å². The fourth-order valence-corrected chi connectivity index (χ4v) is 4.74. The van der Waals surface area contributed by atoms with E-state index in [4.69, 9.17) is 17.0 Å². The van der Waals surface area contributed by atoms with Crippen molar-refractivity contribution in [3.8, 4) is 44.5 Å². The van der Waals surface area contributed by atoms with E-state index in [0.717, 1.165) is 63.9 Å². The van der Waals surface area contributed by atoms with Crippen LogP contribution in [0.4, 0.5) is 0 Å². The van der Waals surface area contributed by atoms with Crippen LogP contribution in [-0.4, -0.2) is 29.0 Å². The van der Waals surface area contributed by atoms with Crippen molar-refractivity contribution in [2.24, 2.45) is 11.6 Å². The maximum atomic E-state index is 7.33. The van der Waals surface area contributed by atoms with E-state index in [2.05, 4.69) is 106 Å². The van der Waals surface area contributed by atoms with Gasteiger partial charge in [0.2, 0.25) is 0 Å². The molecule has 0 aliphatic heterocycles. The summed E-state index contributed by atoms with van der Waals surface area (Å²) >= 11 is 0. The summed E-state index contributed by atoms with van der Waals surface area (Å²) in [6.45, 7) is 1.36. The molecule has 0 aliphatic rings. The second-order valence-corrected chi connectivity index (χ2v) is 9.70. The molecule has 0 fully saturated rings. The number of guanidine groups is 1. The fraction of sp³-hybridized carbons (Fsp3) is 0.121. The Hall–Kier alpha value is -4.85. The highest BCUT2D eigenvalue weighted by Gasteiger charge is 2.07. The van der Waals surface area contributed by atoms with Gasteiger partial charge in [-0.15, -0.1) is 0 Å². The third kappa shape index (κ3) is 6.77. The van der Waals surface area contributed by atoms with E-state index in [9.17, 15) is 0 Å². The lowest BCUT2D eigenvalue weighted by Gasteiger charge is -2.10. The molecule has 0 saturated carbocycles. The molecule has 3 aromatic carbocycles. The first-order chi connectivity index (χ1) is 19.6. The third-order valence-electron chi connectivity index (χ3n) is 6.84. The van der Waals surface area contributed by atoms with Crippen LogP contribution in [0, 0.1) is 5.41 Å². The van der Waals surface area contributed by atoms with Crippen molar-refractivity contribution in [3.63, 3.8) is 0 Å². The highest BCUT2D eigenvalue weighted by atomic mass is 15.2. The number of rotatable bonds is 10. The Morgan fingerprint density at radius 1 is 0.575 bits per heavy atom. The van der Waals surface area contributed by atoms with Gasteiger partial charge in [-0.25, -0.2) is 0 Å². The Balaban J connectivity index is 1.34. The predicted octanol–water partition coefficient (Wildman–Crippen LogP) is 5.18. The molecule has 0 aliphatic carbocycles. The summed E-state index contributed by atoms with van der Waals surface area (Å²) in [5.74, 6) is 5.44. The number of hydrazine groups is 1. The van der Waals surface area contributed by atoms with Crippen LogP contribution < -0.4 is 22.3 Å². The number of aromatic nitrogens is 2. The Morgan fingerprint density at radius 3 is 1.48 bits per heavy atom. The SMILES string of the molecule is N=C(N)NCCc1cccc(-c2cncc(-c3ccc(-c4cncc(-c5cccc(CCNN)c5)c4)cc3)c2)c1. The van der Waals surface area contributed by atoms with E-state index in [1.165, 1.54) is 11.1 Å². The number of benzene rings is 3. The second kappa shape index (κ2) is 12.8. The first-order valence-electron chi connectivity index (χ1n) is 13.3. The average molecular weight is 528 g/mol. The molecule has 7 N–H and O–H groups in total. The van der Waals surface area contributed by atoms with E-state index in [-0.39, 0.29) is 5.96 Å². The van der Waals surface area contributed by atoms with Crippen molar-refractivity contribution in [1.82, 2.24) is 20.7 Å². The lowest BCUT2D eigenvalue weighted by atomic mass is 9.97. The van der Waals surface area contributed by atoms with Crippen molar-refractivity contribution in [2.75, 3.05) is 13.1 Å². The molecule has 0 atom stereocenters. The minimum Gasteiger partial charge on any atom is -0.370 e. The van der Waals surface area contributed by atoms with Crippen molar-refractivity contribution in [3.05, 3.63) is 121 Å². The first-order valence-corrected chi connectivity index (χ1v) is 13.3. The van der Waals surface area contributed by atoms with E-state index in [0.29, 0.717) is 6.54 Å². The lowest BCUT2D eigenvalue weighted by molar-refractivity contribution is 0.728. The lowest BCUT2D eigenvalue weighted by Crippen LogP contribution is -2.31. The molecule has 0 radical (unpaired) electrons. The molecule has 5 aromatic rings. The molecule has 0 saturated heterocycles. The standard InChI is InChI=1S/C33H33N7/c34-33(35)39-13-11-23-3-1-5-27(15-23)31-17-29(19-37-21-31)25-7-9-26(10-8-25)30-18-32(22-38-20-30)28-6-2-4-24(16-28)12-14-40-36/h1-10,15-22,40H,11-14,36H2,(H4,34,35,39). The van der Waals surface area contributed by atoms with Gasteiger partial charge in [0.1, 0.15) is 0 Å². The van der Waals surface area contributed by atoms with Crippen LogP contribution in [0.2, 0.25) is 0 Å². The summed E-state index contributed by atoms with van der Waals surface area (Å²) in [4.78, 5) is 9.05. The molecule has 0 unspecified atom stereocenters. The van der Waals surface area contributed by atoms with Crippen LogP contribution in [0.5, 0.6) is 0 Å². The molecule has 200 valence electrons. The minimum atomic E-state index is -0.00941. The molecule has 0 amide bonds. The van der Waals surface area contributed by atoms with Crippen LogP contribution >= 0.6 is 0 Å². The maximum absolute atomic E-state index is 7.33. The van der Waals surface area contributed by atoms with Gasteiger partial charge in [0.15, 0.2) is 5.96 Å². The number of hydrogen-bond acceptors (Lipinski definition) is 5. The average Bonchev–Trinajstić information content (AvgIpc) is 3.00. The van der Waals surface area contributed by atoms with E-state index >= 15 is 0 Å². The Kier molecular flexibility index (Phi) is 8.56. The molecule has 7 nitrogen and oxygen atoms in total. The molecule has 0 bridgehead atoms. The molecule has 2 heterocycles. The smallest absolute Gasteiger partial charge is 0.185 e. The molecule has 2 aromatic heterocycles. The van der Waals surface area contributed by atoms with Crippen LogP contribution in [0.3, 0.4) is 0 Å². The number of nitrogens with zero attached hydrogens (tertiary/aromatic N) is 2. The first kappa shape index (κ1) is 26.7. The Morgan fingerprint density at radius 2 is 1.02 bits per heavy atom. The van der Waals surface area contributed by atoms with E-state index in [1.807, 2.05) is 24.8 Å². The van der Waals surface area contributed by atoms with Crippen molar-refractivity contribution < 1.29 is 0 Å². The molecular formula is C33H33N7. The third-order valence-corrected chi connectivity index (χ3v) is 6.84. The normalized spacial score (nSPS) is 10.8. The van der Waals surface area contributed by atoms with Gasteiger partial charge < -0.3 is 11.1 Å². The summed E-state index contributed by atoms with van der Waals surface area (Å²) in [7, 11) is 0. The zero-order valence-corrected chi connectivity index (χ0v) is 22.3. The van der Waals surface area contributed by atoms with Gasteiger partial charge in [-0.2, -0.15) is 0 Å². The van der Waals surface area contributed by atoms with Gasteiger partial charge in [0.05, 0.1) is 0 Å². The largest absolute Gasteiger partial charge is 0.370 e. The molecule has 0 spiro atoms. The van der Waals surface area contributed by atoms with Crippen LogP contribution in [-0.2, 0) is 12.8 Å². The summed E-state index contributed by atoms with van der Waals surface area (Å²) in [5, 5.41) is 10.2. The Bertz CT molecular complexity index is 1600. The van der Waals surface area contributed by atoms with Gasteiger partial charge in [-0.3, -0.25) is 26.6 Å². The number of nitrogens with two attached hydrogens (primary N) is 2. The highest BCUT2D eigenvalue weighted by molar-refractivity contribution is 5.76. The van der Waals surface area contributed by atoms with Gasteiger partial charge in [-0.1, -0.05) is 72.8 Å². The van der Waals surface area contributed by atoms with E-state index < -0.39 is 0 Å². The molecule has 5 rings (SSSR count). The quantitative estimate of drug-likeness (QED) is 0.0738. The second-order valence-electron chi connectivity index (χ2n) is 9.70. The van der Waals surface area contributed by atoms with Crippen molar-refractivity contribution in [1.29, 1.82) is 5.41 Å². The summed E-state index contributed by atoms with van der Waals surface area (Å²) in [5.41, 5.74) is 19.3. The van der Waals surface area contributed by atoms with E-state index in [1.54, 1.807) is 0 Å². The van der Waals surface area contributed by atoms with Crippen molar-refractivity contribution >= 4 is 5.96 Å². The number of hydrogen-bond donors (Lipinski definition) is 5. The van der Waals surface area contributed by atoms with Crippen LogP contribution in [0.25, 0.3) is 44.5 Å². The maximum Gasteiger partial charge on any atom is 0.185 e. The molecule has 7 heteroatoms. The molecular weight excluding hydrogens is 494 g/mol. The number of pyridine rings is 2. The van der Waals surface area contributed by atoms with Gasteiger partial charge in [0, 0.05) is 60.1 Å². The van der Waals surface area contributed by atoms with Crippen LogP contribution in [0.15, 0.2) is 110 Å². The predicted molar refractivity (Wildman–Crippen MR) is 163 cm³/mol. The fourth-order valence-electron chi connectivity index (χ4n) is 4.74. The Labute approximate surface area is 234 Å². The van der Waals surface area contributed by atoms with Gasteiger partial charge in [-0.05, 0) is 58.4 Å². The monoisotopic (exact) mass is 527 g/mol. The summed E-state index contributed by atoms with van der Waals surface area (Å²) < 4.78 is 0. The number of nitrogens with one attached hydrogen (secondary N) is 3. The summed E-state index contributed by atoms with van der Waals surface area (Å²) in [6, 6.07) is 29.8. The van der Waals surface area contributed by atoms with Gasteiger partial charge in [0.25, 0.3) is 0 Å².